The number of hydrogen-bond acceptors (Lipinski definition) is 12. The summed E-state index contributed by atoms with van der Waals surface area (Å²) in [4.78, 5) is 40.1. The van der Waals surface area contributed by atoms with E-state index in [1.165, 1.54) is 24.3 Å². The molecule has 0 unspecified atom stereocenters. The van der Waals surface area contributed by atoms with E-state index in [1.807, 2.05) is 60.7 Å². The van der Waals surface area contributed by atoms with Gasteiger partial charge < -0.3 is 38.6 Å². The lowest BCUT2D eigenvalue weighted by Crippen LogP contribution is -2.25. The predicted molar refractivity (Wildman–Crippen MR) is 218 cm³/mol. The van der Waals surface area contributed by atoms with Crippen molar-refractivity contribution in [3.8, 4) is 46.0 Å². The average Bonchev–Trinajstić information content (AvgIpc) is 3.24. The maximum Gasteiger partial charge on any atom is 0.530 e. The van der Waals surface area contributed by atoms with Crippen LogP contribution in [0.3, 0.4) is 0 Å². The number of benzene rings is 6. The molecule has 6 aromatic carbocycles. The van der Waals surface area contributed by atoms with Crippen LogP contribution in [0.25, 0.3) is 0 Å². The zero-order valence-electron chi connectivity index (χ0n) is 31.4. The van der Waals surface area contributed by atoms with Gasteiger partial charge in [-0.3, -0.25) is 28.4 Å². The van der Waals surface area contributed by atoms with Gasteiger partial charge in [0, 0.05) is 12.1 Å². The first-order chi connectivity index (χ1) is 28.9. The van der Waals surface area contributed by atoms with E-state index < -0.39 is 15.6 Å². The van der Waals surface area contributed by atoms with Gasteiger partial charge in [-0.25, -0.2) is 9.13 Å². The first kappa shape index (κ1) is 41.5. The maximum atomic E-state index is 13.5. The minimum Gasteiger partial charge on any atom is -0.481 e. The van der Waals surface area contributed by atoms with Gasteiger partial charge in [-0.05, 0) is 83.9 Å². The number of hydrogen-bond donors (Lipinski definition) is 4. The SMILES string of the molecule is O=C1COc2cc(Oc3ccc(OP(=O)(O)O)cc3)ccc2N1.O=C1COc2cc(Oc3ccc(OP(=O)(OCc4ccccc4)OCc4ccccc4)cc3)ccc2N1. The van der Waals surface area contributed by atoms with E-state index in [2.05, 4.69) is 15.2 Å². The third-order valence-corrected chi connectivity index (χ3v) is 9.97. The van der Waals surface area contributed by atoms with E-state index in [0.717, 1.165) is 11.1 Å². The molecule has 18 heteroatoms. The third-order valence-electron chi connectivity index (χ3n) is 8.20. The lowest BCUT2D eigenvalue weighted by molar-refractivity contribution is -0.119. The predicted octanol–water partition coefficient (Wildman–Crippen LogP) is 9.01. The van der Waals surface area contributed by atoms with Crippen molar-refractivity contribution in [1.29, 1.82) is 0 Å². The maximum absolute atomic E-state index is 13.5. The first-order valence-electron chi connectivity index (χ1n) is 18.0. The van der Waals surface area contributed by atoms with Gasteiger partial charge >= 0.3 is 15.6 Å². The van der Waals surface area contributed by atoms with E-state index in [1.54, 1.807) is 60.7 Å². The van der Waals surface area contributed by atoms with Gasteiger partial charge in [-0.15, -0.1) is 0 Å². The van der Waals surface area contributed by atoms with E-state index in [4.69, 9.17) is 42.3 Å². The van der Waals surface area contributed by atoms with Crippen molar-refractivity contribution >= 4 is 38.8 Å². The van der Waals surface area contributed by atoms with Crippen LogP contribution in [0.4, 0.5) is 11.4 Å². The summed E-state index contributed by atoms with van der Waals surface area (Å²) >= 11 is 0. The number of rotatable bonds is 14. The van der Waals surface area contributed by atoms with Gasteiger partial charge in [0.1, 0.15) is 46.0 Å². The number of phosphoric acid groups is 2. The number of carbonyl (C=O) groups excluding carboxylic acids is 2. The Morgan fingerprint density at radius 2 is 0.883 bits per heavy atom. The van der Waals surface area contributed by atoms with E-state index in [-0.39, 0.29) is 44.0 Å². The molecule has 2 heterocycles. The summed E-state index contributed by atoms with van der Waals surface area (Å²) in [5.74, 6) is 2.94. The van der Waals surface area contributed by atoms with Crippen molar-refractivity contribution in [2.75, 3.05) is 23.8 Å². The number of anilines is 2. The van der Waals surface area contributed by atoms with Crippen LogP contribution in [0, 0.1) is 0 Å². The van der Waals surface area contributed by atoms with Crippen molar-refractivity contribution in [1.82, 2.24) is 0 Å². The molecule has 16 nitrogen and oxygen atoms in total. The highest BCUT2D eigenvalue weighted by Crippen LogP contribution is 2.51. The number of amides is 2. The largest absolute Gasteiger partial charge is 0.530 e. The van der Waals surface area contributed by atoms with Crippen molar-refractivity contribution in [3.63, 3.8) is 0 Å². The molecule has 2 amide bonds. The molecule has 0 aromatic heterocycles. The number of nitrogens with one attached hydrogen (secondary N) is 2. The highest BCUT2D eigenvalue weighted by atomic mass is 31.2. The number of phosphoric ester groups is 2. The summed E-state index contributed by atoms with van der Waals surface area (Å²) in [5.41, 5.74) is 2.84. The lowest BCUT2D eigenvalue weighted by atomic mass is 10.2. The van der Waals surface area contributed by atoms with Crippen LogP contribution in [0.5, 0.6) is 46.0 Å². The highest BCUT2D eigenvalue weighted by Gasteiger charge is 2.29. The molecule has 60 heavy (non-hydrogen) atoms. The molecule has 2 aliphatic heterocycles. The molecule has 8 rings (SSSR count). The molecule has 0 aliphatic carbocycles. The average molecular weight is 855 g/mol. The minimum atomic E-state index is -4.58. The fourth-order valence-corrected chi connectivity index (χ4v) is 7.03. The van der Waals surface area contributed by atoms with Crippen LogP contribution in [0.15, 0.2) is 146 Å². The number of ether oxygens (including phenoxy) is 4. The molecule has 0 spiro atoms. The standard InChI is InChI=1S/C28H24NO7P.C14H12NO7P/c30-28-20-32-27-17-25(15-16-26(27)29-28)35-23-11-13-24(14-12-23)36-37(31,33-18-21-7-3-1-4-8-21)34-19-22-9-5-2-6-10-22;16-14-8-20-13-7-11(5-6-12(13)15-14)21-9-1-3-10(4-2-9)22-23(17,18)19/h1-17H,18-20H2,(H,29,30);1-7H,8H2,(H,15,16)(H2,17,18,19). The van der Waals surface area contributed by atoms with Gasteiger partial charge in [-0.1, -0.05) is 60.7 Å². The molecule has 0 radical (unpaired) electrons. The van der Waals surface area contributed by atoms with Gasteiger partial charge in [-0.2, -0.15) is 0 Å². The van der Waals surface area contributed by atoms with Crippen molar-refractivity contribution < 1.29 is 65.5 Å². The summed E-state index contributed by atoms with van der Waals surface area (Å²) in [7, 11) is -8.54. The van der Waals surface area contributed by atoms with Crippen molar-refractivity contribution in [2.45, 2.75) is 13.2 Å². The molecular formula is C42H36N2O14P2. The summed E-state index contributed by atoms with van der Waals surface area (Å²) < 4.78 is 68.0. The number of carbonyl (C=O) groups is 2. The molecule has 2 aliphatic rings. The second-order valence-electron chi connectivity index (χ2n) is 12.8. The zero-order valence-corrected chi connectivity index (χ0v) is 33.2. The van der Waals surface area contributed by atoms with Gasteiger partial charge in [0.25, 0.3) is 11.8 Å². The Balaban J connectivity index is 0.000000203. The molecule has 0 saturated carbocycles. The third kappa shape index (κ3) is 12.2. The second-order valence-corrected chi connectivity index (χ2v) is 15.5. The molecule has 0 atom stereocenters. The van der Waals surface area contributed by atoms with Gasteiger partial charge in [0.2, 0.25) is 0 Å². The van der Waals surface area contributed by atoms with E-state index >= 15 is 0 Å². The van der Waals surface area contributed by atoms with Crippen LogP contribution in [0.1, 0.15) is 11.1 Å². The van der Waals surface area contributed by atoms with E-state index in [0.29, 0.717) is 51.6 Å². The fourth-order valence-electron chi connectivity index (χ4n) is 5.46. The molecule has 0 saturated heterocycles. The van der Waals surface area contributed by atoms with Crippen LogP contribution in [-0.4, -0.2) is 34.8 Å². The quantitative estimate of drug-likeness (QED) is 0.0755. The Morgan fingerprint density at radius 3 is 1.30 bits per heavy atom. The minimum absolute atomic E-state index is 0.0298. The van der Waals surface area contributed by atoms with Crippen LogP contribution in [0.2, 0.25) is 0 Å². The zero-order chi connectivity index (χ0) is 42.0. The van der Waals surface area contributed by atoms with E-state index in [9.17, 15) is 18.7 Å². The second kappa shape index (κ2) is 19.0. The summed E-state index contributed by atoms with van der Waals surface area (Å²) in [6, 6.07) is 41.2. The monoisotopic (exact) mass is 854 g/mol. The molecular weight excluding hydrogens is 818 g/mol. The summed E-state index contributed by atoms with van der Waals surface area (Å²) in [6.07, 6.45) is 0. The van der Waals surface area contributed by atoms with Gasteiger partial charge in [0.15, 0.2) is 13.2 Å². The normalized spacial score (nSPS) is 13.0. The Hall–Kier alpha value is -6.64. The van der Waals surface area contributed by atoms with Crippen molar-refractivity contribution in [3.05, 3.63) is 157 Å². The Labute approximate surface area is 343 Å². The molecule has 0 bridgehead atoms. The lowest BCUT2D eigenvalue weighted by Gasteiger charge is -2.19. The van der Waals surface area contributed by atoms with Crippen LogP contribution in [-0.2, 0) is 41.0 Å². The Morgan fingerprint density at radius 1 is 0.500 bits per heavy atom. The Bertz CT molecular complexity index is 2470. The highest BCUT2D eigenvalue weighted by molar-refractivity contribution is 7.48. The topological polar surface area (TPSA) is 207 Å². The van der Waals surface area contributed by atoms with Crippen LogP contribution < -0.4 is 38.6 Å². The molecule has 0 fully saturated rings. The molecule has 4 N–H and O–H groups in total. The van der Waals surface area contributed by atoms with Gasteiger partial charge in [0.05, 0.1) is 24.6 Å². The fraction of sp³-hybridized carbons (Fsp3) is 0.0952. The summed E-state index contributed by atoms with van der Waals surface area (Å²) in [5, 5.41) is 5.41. The Kier molecular flexibility index (Phi) is 13.1. The molecule has 308 valence electrons. The van der Waals surface area contributed by atoms with Crippen LogP contribution >= 0.6 is 15.6 Å². The first-order valence-corrected chi connectivity index (χ1v) is 21.0. The number of fused-ring (bicyclic) bond motifs is 2. The van der Waals surface area contributed by atoms with Crippen molar-refractivity contribution in [2.24, 2.45) is 0 Å². The summed E-state index contributed by atoms with van der Waals surface area (Å²) in [6.45, 7) is 0.0377. The smallest absolute Gasteiger partial charge is 0.481 e. The molecule has 6 aromatic rings.